The van der Waals surface area contributed by atoms with Gasteiger partial charge in [-0.1, -0.05) is 13.8 Å². The Bertz CT molecular complexity index is 1310. The van der Waals surface area contributed by atoms with Gasteiger partial charge in [0, 0.05) is 19.6 Å². The molecule has 0 saturated heterocycles. The Morgan fingerprint density at radius 1 is 0.527 bits per heavy atom. The first-order chi connectivity index (χ1) is 25.9. The molecule has 0 aromatic rings. The number of rotatable bonds is 29. The van der Waals surface area contributed by atoms with Crippen molar-refractivity contribution in [2.24, 2.45) is 72.5 Å². The van der Waals surface area contributed by atoms with Crippen LogP contribution in [0, 0.1) is 5.92 Å². The highest BCUT2D eigenvalue weighted by Gasteiger charge is 2.31. The topological polar surface area (TPSA) is 434 Å². The van der Waals surface area contributed by atoms with Gasteiger partial charge in [-0.25, -0.2) is 0 Å². The summed E-state index contributed by atoms with van der Waals surface area (Å²) in [6.45, 7) is 4.12. The number of carbonyl (C=O) groups is 6. The number of guanidine groups is 3. The van der Waals surface area contributed by atoms with Crippen LogP contribution in [-0.4, -0.2) is 116 Å². The molecule has 0 aromatic heterocycles. The quantitative estimate of drug-likeness (QED) is 0.0191. The molecule has 0 bridgehead atoms. The Morgan fingerprint density at radius 3 is 1.44 bits per heavy atom. The smallest absolute Gasteiger partial charge is 0.243 e. The minimum Gasteiger partial charge on any atom is -0.370 e. The SMILES string of the molecule is CC(C)C[C@H](NC(=O)[C@@H](N)CCCN=C(N)N)C(=O)N[C@@H](CCCN=C(N)N)C(=O)N[C@@H](CCCCN)C(=O)NCC(=O)N[C@@H](CCCN=C(N)N)C(N)=O. The van der Waals surface area contributed by atoms with E-state index < -0.39 is 72.2 Å². The molecule has 0 spiro atoms. The van der Waals surface area contributed by atoms with Gasteiger partial charge in [0.15, 0.2) is 17.9 Å². The molecular formula is C32H65N17O6. The number of nitrogens with zero attached hydrogens (tertiary/aromatic N) is 3. The van der Waals surface area contributed by atoms with Crippen molar-refractivity contribution in [3.63, 3.8) is 0 Å². The molecule has 0 saturated carbocycles. The largest absolute Gasteiger partial charge is 0.370 e. The zero-order valence-electron chi connectivity index (χ0n) is 32.1. The highest BCUT2D eigenvalue weighted by Crippen LogP contribution is 2.09. The number of hydrogen-bond acceptors (Lipinski definition) is 11. The van der Waals surface area contributed by atoms with Gasteiger partial charge in [-0.3, -0.25) is 43.7 Å². The number of nitrogens with one attached hydrogen (secondary N) is 5. The number of aliphatic imine (C=N–C) groups is 3. The van der Waals surface area contributed by atoms with Crippen LogP contribution in [0.2, 0.25) is 0 Å². The zero-order valence-corrected chi connectivity index (χ0v) is 32.1. The molecule has 0 aromatic carbocycles. The summed E-state index contributed by atoms with van der Waals surface area (Å²) in [5.41, 5.74) is 49.2. The molecule has 6 amide bonds. The summed E-state index contributed by atoms with van der Waals surface area (Å²) in [5.74, 6) is -4.55. The van der Waals surface area contributed by atoms with Crippen molar-refractivity contribution >= 4 is 53.3 Å². The summed E-state index contributed by atoms with van der Waals surface area (Å²) < 4.78 is 0. The lowest BCUT2D eigenvalue weighted by molar-refractivity contribution is -0.134. The number of unbranched alkanes of at least 4 members (excludes halogenated alkanes) is 1. The second-order valence-electron chi connectivity index (χ2n) is 13.3. The van der Waals surface area contributed by atoms with Crippen molar-refractivity contribution in [1.82, 2.24) is 26.6 Å². The van der Waals surface area contributed by atoms with Crippen LogP contribution < -0.4 is 78.2 Å². The maximum Gasteiger partial charge on any atom is 0.243 e. The molecule has 314 valence electrons. The molecule has 0 heterocycles. The van der Waals surface area contributed by atoms with E-state index in [2.05, 4.69) is 41.6 Å². The van der Waals surface area contributed by atoms with Gasteiger partial charge in [-0.2, -0.15) is 0 Å². The second kappa shape index (κ2) is 28.1. The fourth-order valence-corrected chi connectivity index (χ4v) is 5.04. The van der Waals surface area contributed by atoms with E-state index in [-0.39, 0.29) is 82.0 Å². The molecule has 0 aliphatic heterocycles. The van der Waals surface area contributed by atoms with E-state index in [4.69, 9.17) is 51.6 Å². The van der Waals surface area contributed by atoms with E-state index in [1.54, 1.807) is 0 Å². The van der Waals surface area contributed by atoms with Gasteiger partial charge >= 0.3 is 0 Å². The number of amides is 6. The number of carbonyl (C=O) groups excluding carboxylic acids is 6. The Hall–Kier alpha value is -5.45. The van der Waals surface area contributed by atoms with Crippen molar-refractivity contribution in [2.45, 2.75) is 108 Å². The van der Waals surface area contributed by atoms with Crippen LogP contribution in [-0.2, 0) is 28.8 Å². The maximum atomic E-state index is 13.7. The molecule has 23 heteroatoms. The van der Waals surface area contributed by atoms with Gasteiger partial charge in [0.25, 0.3) is 0 Å². The van der Waals surface area contributed by atoms with Gasteiger partial charge in [-0.05, 0) is 76.7 Å². The first-order valence-electron chi connectivity index (χ1n) is 18.3. The lowest BCUT2D eigenvalue weighted by Gasteiger charge is -2.26. The zero-order chi connectivity index (χ0) is 41.9. The predicted octanol–water partition coefficient (Wildman–Crippen LogP) is -5.81. The van der Waals surface area contributed by atoms with Gasteiger partial charge in [-0.15, -0.1) is 0 Å². The Kier molecular flexibility index (Phi) is 25.3. The van der Waals surface area contributed by atoms with Crippen LogP contribution in [0.1, 0.15) is 78.1 Å². The molecule has 0 unspecified atom stereocenters. The summed E-state index contributed by atoms with van der Waals surface area (Å²) in [5, 5.41) is 13.0. The summed E-state index contributed by atoms with van der Waals surface area (Å²) in [6.07, 6.45) is 2.82. The monoisotopic (exact) mass is 784 g/mol. The average Bonchev–Trinajstić information content (AvgIpc) is 3.09. The molecule has 5 atom stereocenters. The lowest BCUT2D eigenvalue weighted by Crippen LogP contribution is -2.58. The van der Waals surface area contributed by atoms with Crippen LogP contribution in [0.5, 0.6) is 0 Å². The average molecular weight is 784 g/mol. The molecule has 0 radical (unpaired) electrons. The molecule has 0 fully saturated rings. The van der Waals surface area contributed by atoms with Gasteiger partial charge in [0.1, 0.15) is 24.2 Å². The Balaban J connectivity index is 5.92. The van der Waals surface area contributed by atoms with Crippen molar-refractivity contribution in [2.75, 3.05) is 32.7 Å². The van der Waals surface area contributed by atoms with E-state index in [0.717, 1.165) is 0 Å². The third kappa shape index (κ3) is 24.5. The molecule has 55 heavy (non-hydrogen) atoms. The van der Waals surface area contributed by atoms with Crippen molar-refractivity contribution in [3.05, 3.63) is 0 Å². The maximum absolute atomic E-state index is 13.7. The third-order valence-corrected chi connectivity index (χ3v) is 7.85. The summed E-state index contributed by atoms with van der Waals surface area (Å²) in [6, 6.07) is -5.38. The predicted molar refractivity (Wildman–Crippen MR) is 210 cm³/mol. The standard InChI is InChI=1S/C32H65N17O6/c1-18(2)16-23(49-26(52)19(34)8-5-13-42-30(36)37)29(55)48-22(11-7-15-44-32(40)41)28(54)47-21(9-3-4-12-33)27(53)45-17-24(50)46-20(25(35)51)10-6-14-43-31(38)39/h18-23H,3-17,33-34H2,1-2H3,(H2,35,51)(H,45,53)(H,46,50)(H,47,54)(H,48,55)(H,49,52)(H4,36,37,42)(H4,38,39,43)(H4,40,41,44)/t19-,20-,21-,22-,23-/m0/s1. The van der Waals surface area contributed by atoms with Crippen molar-refractivity contribution < 1.29 is 28.8 Å². The highest BCUT2D eigenvalue weighted by molar-refractivity contribution is 5.95. The molecule has 23 N–H and O–H groups in total. The number of nitrogens with two attached hydrogens (primary N) is 9. The van der Waals surface area contributed by atoms with Crippen LogP contribution in [0.4, 0.5) is 0 Å². The fraction of sp³-hybridized carbons (Fsp3) is 0.719. The van der Waals surface area contributed by atoms with E-state index in [1.807, 2.05) is 13.8 Å². The van der Waals surface area contributed by atoms with Crippen LogP contribution >= 0.6 is 0 Å². The van der Waals surface area contributed by atoms with E-state index in [1.165, 1.54) is 0 Å². The van der Waals surface area contributed by atoms with Crippen LogP contribution in [0.15, 0.2) is 15.0 Å². The number of hydrogen-bond donors (Lipinski definition) is 14. The molecule has 0 rings (SSSR count). The van der Waals surface area contributed by atoms with E-state index >= 15 is 0 Å². The molecule has 0 aliphatic rings. The van der Waals surface area contributed by atoms with E-state index in [9.17, 15) is 28.8 Å². The summed E-state index contributed by atoms with van der Waals surface area (Å²) in [7, 11) is 0. The Labute approximate surface area is 322 Å². The molecule has 0 aliphatic carbocycles. The summed E-state index contributed by atoms with van der Waals surface area (Å²) in [4.78, 5) is 89.8. The van der Waals surface area contributed by atoms with Crippen molar-refractivity contribution in [3.8, 4) is 0 Å². The molecule has 23 nitrogen and oxygen atoms in total. The highest BCUT2D eigenvalue weighted by atomic mass is 16.2. The third-order valence-electron chi connectivity index (χ3n) is 7.85. The minimum absolute atomic E-state index is 0.0425. The van der Waals surface area contributed by atoms with Gasteiger partial charge in [0.2, 0.25) is 35.4 Å². The van der Waals surface area contributed by atoms with Gasteiger partial charge in [0.05, 0.1) is 12.6 Å². The minimum atomic E-state index is -1.19. The van der Waals surface area contributed by atoms with E-state index in [0.29, 0.717) is 32.2 Å². The first-order valence-corrected chi connectivity index (χ1v) is 18.3. The summed E-state index contributed by atoms with van der Waals surface area (Å²) >= 11 is 0. The van der Waals surface area contributed by atoms with Crippen LogP contribution in [0.25, 0.3) is 0 Å². The second-order valence-corrected chi connectivity index (χ2v) is 13.3. The van der Waals surface area contributed by atoms with Crippen molar-refractivity contribution in [1.29, 1.82) is 0 Å². The van der Waals surface area contributed by atoms with Gasteiger partial charge < -0.3 is 78.2 Å². The normalized spacial score (nSPS) is 13.5. The van der Waals surface area contributed by atoms with Crippen LogP contribution in [0.3, 0.4) is 0 Å². The fourth-order valence-electron chi connectivity index (χ4n) is 5.04. The Morgan fingerprint density at radius 2 is 0.964 bits per heavy atom. The molecular weight excluding hydrogens is 718 g/mol. The number of primary amides is 1. The first kappa shape index (κ1) is 49.6. The lowest BCUT2D eigenvalue weighted by atomic mass is 10.0.